The Hall–Kier alpha value is -0.930. The summed E-state index contributed by atoms with van der Waals surface area (Å²) in [5.74, 6) is 0. The molecule has 0 spiro atoms. The predicted octanol–water partition coefficient (Wildman–Crippen LogP) is 2.09. The van der Waals surface area contributed by atoms with Gasteiger partial charge in [0.1, 0.15) is 0 Å². The topological polar surface area (TPSA) is 42.1 Å². The van der Waals surface area contributed by atoms with Gasteiger partial charge < -0.3 is 5.73 Å². The molecule has 2 unspecified atom stereocenters. The fourth-order valence-corrected chi connectivity index (χ4v) is 2.63. The third-order valence-corrected chi connectivity index (χ3v) is 3.63. The molecule has 2 atom stereocenters. The molecule has 1 aromatic rings. The van der Waals surface area contributed by atoms with Crippen molar-refractivity contribution >= 4 is 0 Å². The van der Waals surface area contributed by atoms with E-state index in [9.17, 15) is 0 Å². The van der Waals surface area contributed by atoms with E-state index in [2.05, 4.69) is 28.9 Å². The standard InChI is InChI=1S/C14H23N3/c1-11-6-7-13(9-16-11)10-17-8-4-3-5-14(17)12(2)15/h6-7,9,12,14H,3-5,8,10,15H2,1-2H3. The second-order valence-electron chi connectivity index (χ2n) is 5.20. The first kappa shape index (κ1) is 12.5. The van der Waals surface area contributed by atoms with Crippen LogP contribution in [0, 0.1) is 6.92 Å². The van der Waals surface area contributed by atoms with Crippen LogP contribution in [-0.4, -0.2) is 28.5 Å². The van der Waals surface area contributed by atoms with Crippen molar-refractivity contribution < 1.29 is 0 Å². The van der Waals surface area contributed by atoms with Gasteiger partial charge in [0.2, 0.25) is 0 Å². The van der Waals surface area contributed by atoms with Gasteiger partial charge in [0, 0.05) is 30.5 Å². The number of likely N-dealkylation sites (tertiary alicyclic amines) is 1. The molecule has 1 saturated heterocycles. The Kier molecular flexibility index (Phi) is 4.13. The predicted molar refractivity (Wildman–Crippen MR) is 70.7 cm³/mol. The lowest BCUT2D eigenvalue weighted by molar-refractivity contribution is 0.123. The summed E-state index contributed by atoms with van der Waals surface area (Å²) in [5, 5.41) is 0. The number of pyridine rings is 1. The molecule has 2 N–H and O–H groups in total. The Morgan fingerprint density at radius 1 is 1.47 bits per heavy atom. The number of rotatable bonds is 3. The first-order valence-electron chi connectivity index (χ1n) is 6.58. The highest BCUT2D eigenvalue weighted by molar-refractivity contribution is 5.13. The van der Waals surface area contributed by atoms with Crippen LogP contribution in [0.4, 0.5) is 0 Å². The Balaban J connectivity index is 2.02. The zero-order valence-corrected chi connectivity index (χ0v) is 10.9. The van der Waals surface area contributed by atoms with Crippen LogP contribution in [0.1, 0.15) is 37.4 Å². The van der Waals surface area contributed by atoms with Crippen LogP contribution >= 0.6 is 0 Å². The van der Waals surface area contributed by atoms with Crippen LogP contribution < -0.4 is 5.73 Å². The number of hydrogen-bond donors (Lipinski definition) is 1. The summed E-state index contributed by atoms with van der Waals surface area (Å²) in [6.45, 7) is 6.30. The highest BCUT2D eigenvalue weighted by atomic mass is 15.2. The lowest BCUT2D eigenvalue weighted by Gasteiger charge is -2.38. The second-order valence-corrected chi connectivity index (χ2v) is 5.20. The molecule has 0 saturated carbocycles. The third kappa shape index (κ3) is 3.27. The maximum Gasteiger partial charge on any atom is 0.0372 e. The van der Waals surface area contributed by atoms with Crippen molar-refractivity contribution in [1.29, 1.82) is 0 Å². The first-order valence-corrected chi connectivity index (χ1v) is 6.58. The fraction of sp³-hybridized carbons (Fsp3) is 0.643. The van der Waals surface area contributed by atoms with E-state index in [1.54, 1.807) is 0 Å². The van der Waals surface area contributed by atoms with Gasteiger partial charge in [-0.2, -0.15) is 0 Å². The van der Waals surface area contributed by atoms with Crippen LogP contribution in [0.15, 0.2) is 18.3 Å². The number of aryl methyl sites for hydroxylation is 1. The number of nitrogens with two attached hydrogens (primary N) is 1. The molecule has 0 bridgehead atoms. The third-order valence-electron chi connectivity index (χ3n) is 3.63. The zero-order valence-electron chi connectivity index (χ0n) is 10.9. The summed E-state index contributed by atoms with van der Waals surface area (Å²) in [6.07, 6.45) is 5.83. The molecule has 1 aromatic heterocycles. The van der Waals surface area contributed by atoms with Crippen molar-refractivity contribution in [3.05, 3.63) is 29.6 Å². The molecular weight excluding hydrogens is 210 g/mol. The molecule has 0 aliphatic carbocycles. The minimum atomic E-state index is 0.258. The van der Waals surface area contributed by atoms with Crippen molar-refractivity contribution in [2.24, 2.45) is 5.73 Å². The summed E-state index contributed by atoms with van der Waals surface area (Å²) >= 11 is 0. The number of piperidine rings is 1. The molecule has 3 heteroatoms. The Morgan fingerprint density at radius 2 is 2.29 bits per heavy atom. The van der Waals surface area contributed by atoms with Crippen molar-refractivity contribution in [3.8, 4) is 0 Å². The van der Waals surface area contributed by atoms with Crippen LogP contribution in [0.2, 0.25) is 0 Å². The summed E-state index contributed by atoms with van der Waals surface area (Å²) in [6, 6.07) is 5.05. The molecule has 0 aromatic carbocycles. The minimum absolute atomic E-state index is 0.258. The van der Waals surface area contributed by atoms with E-state index in [1.807, 2.05) is 13.1 Å². The van der Waals surface area contributed by atoms with Gasteiger partial charge in [-0.25, -0.2) is 0 Å². The minimum Gasteiger partial charge on any atom is -0.327 e. The molecule has 1 aliphatic heterocycles. The van der Waals surface area contributed by atoms with Gasteiger partial charge in [-0.05, 0) is 44.9 Å². The summed E-state index contributed by atoms with van der Waals surface area (Å²) < 4.78 is 0. The van der Waals surface area contributed by atoms with Gasteiger partial charge in [0.25, 0.3) is 0 Å². The monoisotopic (exact) mass is 233 g/mol. The van der Waals surface area contributed by atoms with Gasteiger partial charge in [-0.1, -0.05) is 12.5 Å². The van der Waals surface area contributed by atoms with Crippen molar-refractivity contribution in [2.45, 2.75) is 51.7 Å². The quantitative estimate of drug-likeness (QED) is 0.869. The van der Waals surface area contributed by atoms with E-state index in [1.165, 1.54) is 31.4 Å². The van der Waals surface area contributed by atoms with Crippen LogP contribution in [0.25, 0.3) is 0 Å². The van der Waals surface area contributed by atoms with E-state index in [-0.39, 0.29) is 6.04 Å². The highest BCUT2D eigenvalue weighted by Gasteiger charge is 2.25. The maximum absolute atomic E-state index is 6.08. The van der Waals surface area contributed by atoms with Gasteiger partial charge >= 0.3 is 0 Å². The van der Waals surface area contributed by atoms with Crippen LogP contribution in [0.5, 0.6) is 0 Å². The smallest absolute Gasteiger partial charge is 0.0372 e. The van der Waals surface area contributed by atoms with E-state index < -0.39 is 0 Å². The molecule has 0 amide bonds. The zero-order chi connectivity index (χ0) is 12.3. The highest BCUT2D eigenvalue weighted by Crippen LogP contribution is 2.21. The molecular formula is C14H23N3. The van der Waals surface area contributed by atoms with E-state index >= 15 is 0 Å². The molecule has 1 fully saturated rings. The van der Waals surface area contributed by atoms with Crippen molar-refractivity contribution in [2.75, 3.05) is 6.54 Å². The number of nitrogens with zero attached hydrogens (tertiary/aromatic N) is 2. The summed E-state index contributed by atoms with van der Waals surface area (Å²) in [5.41, 5.74) is 8.45. The average Bonchev–Trinajstić information content (AvgIpc) is 2.32. The molecule has 17 heavy (non-hydrogen) atoms. The maximum atomic E-state index is 6.08. The SMILES string of the molecule is Cc1ccc(CN2CCCCC2C(C)N)cn1. The Bertz CT molecular complexity index is 345. The summed E-state index contributed by atoms with van der Waals surface area (Å²) in [7, 11) is 0. The first-order chi connectivity index (χ1) is 8.16. The fourth-order valence-electron chi connectivity index (χ4n) is 2.63. The van der Waals surface area contributed by atoms with Gasteiger partial charge in [-0.3, -0.25) is 9.88 Å². The number of aromatic nitrogens is 1. The Morgan fingerprint density at radius 3 is 2.94 bits per heavy atom. The second kappa shape index (κ2) is 5.61. The van der Waals surface area contributed by atoms with Crippen molar-refractivity contribution in [1.82, 2.24) is 9.88 Å². The van der Waals surface area contributed by atoms with Gasteiger partial charge in [0.15, 0.2) is 0 Å². The Labute approximate surface area is 104 Å². The molecule has 2 heterocycles. The van der Waals surface area contributed by atoms with E-state index in [4.69, 9.17) is 5.73 Å². The summed E-state index contributed by atoms with van der Waals surface area (Å²) in [4.78, 5) is 6.87. The molecule has 2 rings (SSSR count). The molecule has 1 aliphatic rings. The van der Waals surface area contributed by atoms with Crippen molar-refractivity contribution in [3.63, 3.8) is 0 Å². The lowest BCUT2D eigenvalue weighted by atomic mass is 9.96. The largest absolute Gasteiger partial charge is 0.327 e. The van der Waals surface area contributed by atoms with Gasteiger partial charge in [-0.15, -0.1) is 0 Å². The van der Waals surface area contributed by atoms with E-state index in [0.29, 0.717) is 6.04 Å². The number of hydrogen-bond acceptors (Lipinski definition) is 3. The normalized spacial score (nSPS) is 23.6. The average molecular weight is 233 g/mol. The molecule has 3 nitrogen and oxygen atoms in total. The van der Waals surface area contributed by atoms with Crippen LogP contribution in [0.3, 0.4) is 0 Å². The van der Waals surface area contributed by atoms with Gasteiger partial charge in [0.05, 0.1) is 0 Å². The van der Waals surface area contributed by atoms with Crippen LogP contribution in [-0.2, 0) is 6.54 Å². The molecule has 94 valence electrons. The lowest BCUT2D eigenvalue weighted by Crippen LogP contribution is -2.48. The molecule has 0 radical (unpaired) electrons. The van der Waals surface area contributed by atoms with E-state index in [0.717, 1.165) is 12.2 Å².